The molecule has 4 atom stereocenters. The molecule has 2 aliphatic heterocycles. The maximum absolute atomic E-state index is 14.6. The number of nitrogens with one attached hydrogen (secondary N) is 1. The van der Waals surface area contributed by atoms with E-state index in [-0.39, 0.29) is 23.4 Å². The molecular formula is C18H37FN4O2S. The largest absolute Gasteiger partial charge is 0.325 e. The molecule has 2 aliphatic rings. The molecule has 0 saturated carbocycles. The third kappa shape index (κ3) is 5.16. The summed E-state index contributed by atoms with van der Waals surface area (Å²) in [5, 5.41) is 2.92. The number of sulfonamides is 1. The second kappa shape index (κ2) is 9.78. The van der Waals surface area contributed by atoms with Crippen molar-refractivity contribution in [3.05, 3.63) is 0 Å². The van der Waals surface area contributed by atoms with Crippen molar-refractivity contribution in [1.29, 1.82) is 0 Å². The van der Waals surface area contributed by atoms with Crippen LogP contribution in [-0.2, 0) is 10.0 Å². The lowest BCUT2D eigenvalue weighted by molar-refractivity contribution is 0.0384. The Hall–Kier alpha value is -0.280. The first-order valence-corrected chi connectivity index (χ1v) is 11.6. The molecule has 2 heterocycles. The maximum atomic E-state index is 14.6. The molecule has 0 spiro atoms. The molecule has 0 aromatic carbocycles. The normalized spacial score (nSPS) is 32.2. The molecule has 2 fully saturated rings. The maximum Gasteiger partial charge on any atom is 0.216 e. The Balaban J connectivity index is 1.92. The number of alkyl halides is 1. The molecule has 0 amide bonds. The van der Waals surface area contributed by atoms with Crippen molar-refractivity contribution in [2.45, 2.75) is 81.4 Å². The Morgan fingerprint density at radius 2 is 1.85 bits per heavy atom. The molecular weight excluding hydrogens is 355 g/mol. The average Bonchev–Trinajstić information content (AvgIpc) is 2.60. The zero-order valence-electron chi connectivity index (χ0n) is 16.5. The monoisotopic (exact) mass is 392 g/mol. The number of unbranched alkanes of at least 4 members (excludes halogenated alkanes) is 3. The van der Waals surface area contributed by atoms with Gasteiger partial charge in [0.15, 0.2) is 0 Å². The highest BCUT2D eigenvalue weighted by Crippen LogP contribution is 2.27. The summed E-state index contributed by atoms with van der Waals surface area (Å²) in [7, 11) is -0.0910. The Morgan fingerprint density at radius 3 is 2.42 bits per heavy atom. The summed E-state index contributed by atoms with van der Waals surface area (Å²) in [6.45, 7) is 3.72. The summed E-state index contributed by atoms with van der Waals surface area (Å²) < 4.78 is 40.6. The van der Waals surface area contributed by atoms with Crippen molar-refractivity contribution in [3.63, 3.8) is 0 Å². The van der Waals surface area contributed by atoms with Gasteiger partial charge in [-0.3, -0.25) is 4.90 Å². The number of halogens is 1. The number of likely N-dealkylation sites (tertiary alicyclic amines) is 1. The van der Waals surface area contributed by atoms with Crippen molar-refractivity contribution < 1.29 is 12.8 Å². The Kier molecular flexibility index (Phi) is 8.28. The van der Waals surface area contributed by atoms with E-state index in [0.717, 1.165) is 12.8 Å². The molecule has 4 unspecified atom stereocenters. The molecule has 154 valence electrons. The van der Waals surface area contributed by atoms with Crippen LogP contribution in [0.5, 0.6) is 0 Å². The van der Waals surface area contributed by atoms with Gasteiger partial charge in [-0.05, 0) is 32.4 Å². The van der Waals surface area contributed by atoms with Gasteiger partial charge >= 0.3 is 0 Å². The van der Waals surface area contributed by atoms with E-state index in [1.54, 1.807) is 14.1 Å². The van der Waals surface area contributed by atoms with Crippen molar-refractivity contribution in [2.24, 2.45) is 5.73 Å². The Morgan fingerprint density at radius 1 is 1.19 bits per heavy atom. The number of nitrogens with zero attached hydrogens (tertiary/aromatic N) is 2. The van der Waals surface area contributed by atoms with Crippen LogP contribution in [0.1, 0.15) is 51.9 Å². The molecule has 0 aliphatic carbocycles. The standard InChI is InChI=1S/C18H37FN4O2S/c1-4-5-6-7-8-16-17(20)18(15(19)13-21-16)23-11-9-14(10-12-23)26(24,25)22(2)3/h14-18,21H,4-13,20H2,1-3H3. The molecule has 0 bridgehead atoms. The zero-order valence-corrected chi connectivity index (χ0v) is 17.3. The van der Waals surface area contributed by atoms with Gasteiger partial charge in [-0.25, -0.2) is 17.1 Å². The molecule has 3 N–H and O–H groups in total. The van der Waals surface area contributed by atoms with E-state index in [0.29, 0.717) is 32.5 Å². The SMILES string of the molecule is CCCCCCC1NCC(F)C(N2CCC(S(=O)(=O)N(C)C)CC2)C1N. The fourth-order valence-corrected chi connectivity index (χ4v) is 5.73. The van der Waals surface area contributed by atoms with Gasteiger partial charge in [-0.1, -0.05) is 32.6 Å². The van der Waals surface area contributed by atoms with E-state index >= 15 is 0 Å². The van der Waals surface area contributed by atoms with Gasteiger partial charge in [0, 0.05) is 32.7 Å². The molecule has 8 heteroatoms. The number of nitrogens with two attached hydrogens (primary N) is 1. The lowest BCUT2D eigenvalue weighted by Crippen LogP contribution is -2.68. The second-order valence-corrected chi connectivity index (χ2v) is 10.4. The van der Waals surface area contributed by atoms with Gasteiger partial charge < -0.3 is 11.1 Å². The van der Waals surface area contributed by atoms with Crippen LogP contribution < -0.4 is 11.1 Å². The Labute approximate surface area is 158 Å². The summed E-state index contributed by atoms with van der Waals surface area (Å²) >= 11 is 0. The van der Waals surface area contributed by atoms with Crippen molar-refractivity contribution in [1.82, 2.24) is 14.5 Å². The van der Waals surface area contributed by atoms with Gasteiger partial charge in [0.1, 0.15) is 6.17 Å². The van der Waals surface area contributed by atoms with Crippen LogP contribution in [0.3, 0.4) is 0 Å². The quantitative estimate of drug-likeness (QED) is 0.609. The van der Waals surface area contributed by atoms with E-state index in [1.165, 1.54) is 23.6 Å². The van der Waals surface area contributed by atoms with Crippen LogP contribution in [0.15, 0.2) is 0 Å². The first-order chi connectivity index (χ1) is 12.3. The first-order valence-electron chi connectivity index (χ1n) is 10.1. The van der Waals surface area contributed by atoms with Gasteiger partial charge in [-0.15, -0.1) is 0 Å². The fourth-order valence-electron chi connectivity index (χ4n) is 4.33. The van der Waals surface area contributed by atoms with Crippen LogP contribution in [0.25, 0.3) is 0 Å². The molecule has 2 saturated heterocycles. The van der Waals surface area contributed by atoms with Crippen molar-refractivity contribution in [3.8, 4) is 0 Å². The molecule has 2 rings (SSSR count). The fraction of sp³-hybridized carbons (Fsp3) is 1.00. The van der Waals surface area contributed by atoms with Gasteiger partial charge in [0.2, 0.25) is 10.0 Å². The first kappa shape index (κ1) is 22.0. The summed E-state index contributed by atoms with van der Waals surface area (Å²) in [6, 6.07) is -0.412. The zero-order chi connectivity index (χ0) is 19.3. The minimum atomic E-state index is -3.24. The summed E-state index contributed by atoms with van der Waals surface area (Å²) in [4.78, 5) is 2.09. The highest BCUT2D eigenvalue weighted by molar-refractivity contribution is 7.89. The van der Waals surface area contributed by atoms with Crippen LogP contribution in [0.4, 0.5) is 4.39 Å². The van der Waals surface area contributed by atoms with Crippen LogP contribution in [-0.4, -0.2) is 80.9 Å². The van der Waals surface area contributed by atoms with E-state index in [2.05, 4.69) is 17.1 Å². The molecule has 0 aromatic rings. The number of piperidine rings is 2. The van der Waals surface area contributed by atoms with Crippen molar-refractivity contribution >= 4 is 10.0 Å². The average molecular weight is 393 g/mol. The van der Waals surface area contributed by atoms with Gasteiger partial charge in [0.25, 0.3) is 0 Å². The molecule has 0 aromatic heterocycles. The van der Waals surface area contributed by atoms with E-state index in [4.69, 9.17) is 5.73 Å². The molecule has 0 radical (unpaired) electrons. The Bertz CT molecular complexity index is 523. The third-order valence-corrected chi connectivity index (χ3v) is 8.33. The second-order valence-electron chi connectivity index (χ2n) is 8.01. The van der Waals surface area contributed by atoms with Crippen LogP contribution in [0.2, 0.25) is 0 Å². The minimum absolute atomic E-state index is 0.145. The highest BCUT2D eigenvalue weighted by atomic mass is 32.2. The van der Waals surface area contributed by atoms with E-state index in [9.17, 15) is 12.8 Å². The van der Waals surface area contributed by atoms with Gasteiger partial charge in [0.05, 0.1) is 11.3 Å². The number of hydrogen-bond acceptors (Lipinski definition) is 5. The third-order valence-electron chi connectivity index (χ3n) is 6.00. The lowest BCUT2D eigenvalue weighted by Gasteiger charge is -2.46. The van der Waals surface area contributed by atoms with Gasteiger partial charge in [-0.2, -0.15) is 0 Å². The summed E-state index contributed by atoms with van der Waals surface area (Å²) in [5.74, 6) is 0. The number of rotatable bonds is 8. The predicted molar refractivity (Wildman–Crippen MR) is 104 cm³/mol. The predicted octanol–water partition coefficient (Wildman–Crippen LogP) is 1.32. The summed E-state index contributed by atoms with van der Waals surface area (Å²) in [6.07, 6.45) is 5.81. The molecule has 6 nitrogen and oxygen atoms in total. The summed E-state index contributed by atoms with van der Waals surface area (Å²) in [5.41, 5.74) is 6.46. The van der Waals surface area contributed by atoms with E-state index < -0.39 is 16.2 Å². The van der Waals surface area contributed by atoms with E-state index in [1.807, 2.05) is 0 Å². The minimum Gasteiger partial charge on any atom is -0.325 e. The lowest BCUT2D eigenvalue weighted by atomic mass is 9.87. The topological polar surface area (TPSA) is 78.7 Å². The van der Waals surface area contributed by atoms with Crippen LogP contribution >= 0.6 is 0 Å². The van der Waals surface area contributed by atoms with Crippen molar-refractivity contribution in [2.75, 3.05) is 33.7 Å². The smallest absolute Gasteiger partial charge is 0.216 e. The highest BCUT2D eigenvalue weighted by Gasteiger charge is 2.43. The number of hydrogen-bond donors (Lipinski definition) is 2. The molecule has 26 heavy (non-hydrogen) atoms. The van der Waals surface area contributed by atoms with Crippen LogP contribution in [0, 0.1) is 0 Å².